The molecule has 31 heavy (non-hydrogen) atoms. The molecule has 3 rings (SSSR count). The summed E-state index contributed by atoms with van der Waals surface area (Å²) >= 11 is 0. The van der Waals surface area contributed by atoms with Gasteiger partial charge in [0, 0.05) is 50.7 Å². The van der Waals surface area contributed by atoms with Crippen LogP contribution in [0.5, 0.6) is 0 Å². The molecule has 0 saturated carbocycles. The molecule has 2 atom stereocenters. The number of aromatic nitrogens is 2. The lowest BCUT2D eigenvalue weighted by Crippen LogP contribution is -2.60. The van der Waals surface area contributed by atoms with Crippen molar-refractivity contribution >= 4 is 17.6 Å². The van der Waals surface area contributed by atoms with Gasteiger partial charge in [0.15, 0.2) is 0 Å². The maximum Gasteiger partial charge on any atom is 0.281 e. The molecule has 1 aliphatic heterocycles. The number of benzene rings is 1. The van der Waals surface area contributed by atoms with Crippen molar-refractivity contribution in [1.82, 2.24) is 20.2 Å². The molecule has 7 nitrogen and oxygen atoms in total. The maximum atomic E-state index is 16.0. The summed E-state index contributed by atoms with van der Waals surface area (Å²) in [5, 5.41) is 5.29. The lowest BCUT2D eigenvalue weighted by atomic mass is 9.80. The smallest absolute Gasteiger partial charge is 0.281 e. The van der Waals surface area contributed by atoms with E-state index in [0.717, 1.165) is 12.1 Å². The zero-order valence-electron chi connectivity index (χ0n) is 18.5. The fourth-order valence-electron chi connectivity index (χ4n) is 4.14. The van der Waals surface area contributed by atoms with Crippen LogP contribution in [0.4, 0.5) is 10.2 Å². The van der Waals surface area contributed by atoms with Crippen LogP contribution in [0.25, 0.3) is 0 Å². The minimum absolute atomic E-state index is 0.232. The Morgan fingerprint density at radius 2 is 1.97 bits per heavy atom. The molecule has 0 spiro atoms. The Bertz CT molecular complexity index is 954. The summed E-state index contributed by atoms with van der Waals surface area (Å²) in [5.74, 6) is -2.52. The monoisotopic (exact) mass is 427 g/mol. The second-order valence-electron chi connectivity index (χ2n) is 8.50. The highest BCUT2D eigenvalue weighted by atomic mass is 19.1. The number of hydrogen-bond acceptors (Lipinski definition) is 5. The van der Waals surface area contributed by atoms with E-state index in [-0.39, 0.29) is 13.0 Å². The van der Waals surface area contributed by atoms with Crippen molar-refractivity contribution in [1.29, 1.82) is 0 Å². The molecule has 0 radical (unpaired) electrons. The van der Waals surface area contributed by atoms with Crippen LogP contribution in [0.3, 0.4) is 0 Å². The van der Waals surface area contributed by atoms with E-state index in [2.05, 4.69) is 20.6 Å². The molecule has 1 fully saturated rings. The van der Waals surface area contributed by atoms with Crippen LogP contribution in [0.2, 0.25) is 0 Å². The molecular weight excluding hydrogens is 397 g/mol. The molecule has 0 aliphatic carbocycles. The van der Waals surface area contributed by atoms with Crippen molar-refractivity contribution in [3.63, 3.8) is 0 Å². The number of nitrogens with zero attached hydrogens (tertiary/aromatic N) is 3. The van der Waals surface area contributed by atoms with Crippen LogP contribution in [0, 0.1) is 6.92 Å². The zero-order chi connectivity index (χ0) is 22.6. The number of amides is 2. The van der Waals surface area contributed by atoms with Gasteiger partial charge in [-0.2, -0.15) is 0 Å². The van der Waals surface area contributed by atoms with Crippen molar-refractivity contribution < 1.29 is 14.0 Å². The zero-order valence-corrected chi connectivity index (χ0v) is 18.5. The number of carbonyl (C=O) groups excluding carboxylic acids is 2. The summed E-state index contributed by atoms with van der Waals surface area (Å²) in [5.41, 5.74) is 0.934. The molecule has 2 amide bonds. The first-order valence-electron chi connectivity index (χ1n) is 10.5. The van der Waals surface area contributed by atoms with E-state index in [4.69, 9.17) is 0 Å². The Hall–Kier alpha value is -3.03. The van der Waals surface area contributed by atoms with Gasteiger partial charge in [0.25, 0.3) is 11.7 Å². The number of anilines is 1. The van der Waals surface area contributed by atoms with Gasteiger partial charge in [-0.05, 0) is 25.3 Å². The molecule has 1 aliphatic rings. The number of aryl methyl sites for hydroxylation is 1. The van der Waals surface area contributed by atoms with Gasteiger partial charge in [-0.3, -0.25) is 9.59 Å². The third kappa shape index (κ3) is 5.18. The number of carbonyl (C=O) groups is 2. The van der Waals surface area contributed by atoms with Crippen molar-refractivity contribution in [2.75, 3.05) is 25.5 Å². The van der Waals surface area contributed by atoms with E-state index in [1.807, 2.05) is 26.0 Å². The van der Waals surface area contributed by atoms with Gasteiger partial charge in [-0.1, -0.05) is 37.3 Å². The molecule has 2 aromatic rings. The molecule has 166 valence electrons. The van der Waals surface area contributed by atoms with E-state index in [1.165, 1.54) is 11.8 Å². The number of hydrogen-bond donors (Lipinski definition) is 2. The van der Waals surface area contributed by atoms with Gasteiger partial charge in [-0.25, -0.2) is 14.4 Å². The Kier molecular flexibility index (Phi) is 6.57. The summed E-state index contributed by atoms with van der Waals surface area (Å²) in [7, 11) is 1.79. The third-order valence-corrected chi connectivity index (χ3v) is 5.64. The van der Waals surface area contributed by atoms with Crippen LogP contribution in [0.15, 0.2) is 36.4 Å². The van der Waals surface area contributed by atoms with E-state index in [1.54, 1.807) is 31.3 Å². The second-order valence-corrected chi connectivity index (χ2v) is 8.50. The number of likely N-dealkylation sites (tertiary alicyclic amines) is 1. The number of rotatable bonds is 6. The Balaban J connectivity index is 1.88. The first kappa shape index (κ1) is 22.7. The topological polar surface area (TPSA) is 87.2 Å². The molecule has 2 N–H and O–H groups in total. The molecule has 1 aromatic heterocycles. The van der Waals surface area contributed by atoms with Gasteiger partial charge in [0.1, 0.15) is 11.6 Å². The average Bonchev–Trinajstić information content (AvgIpc) is 2.72. The van der Waals surface area contributed by atoms with Crippen molar-refractivity contribution in [3.05, 3.63) is 53.5 Å². The Morgan fingerprint density at radius 3 is 2.61 bits per heavy atom. The van der Waals surface area contributed by atoms with E-state index >= 15 is 4.39 Å². The van der Waals surface area contributed by atoms with Gasteiger partial charge < -0.3 is 15.5 Å². The predicted molar refractivity (Wildman–Crippen MR) is 117 cm³/mol. The fourth-order valence-corrected chi connectivity index (χ4v) is 4.14. The summed E-state index contributed by atoms with van der Waals surface area (Å²) in [6.07, 6.45) is 1.24. The highest BCUT2D eigenvalue weighted by Crippen LogP contribution is 2.34. The molecule has 0 unspecified atom stereocenters. The summed E-state index contributed by atoms with van der Waals surface area (Å²) in [6.45, 7) is 5.80. The highest BCUT2D eigenvalue weighted by Gasteiger charge is 2.46. The lowest BCUT2D eigenvalue weighted by molar-refractivity contribution is -0.152. The molecule has 8 heteroatoms. The minimum atomic E-state index is -2.52. The first-order valence-corrected chi connectivity index (χ1v) is 10.5. The van der Waals surface area contributed by atoms with Crippen LogP contribution < -0.4 is 10.6 Å². The molecule has 1 saturated heterocycles. The summed E-state index contributed by atoms with van der Waals surface area (Å²) in [6, 6.07) is 10.7. The second kappa shape index (κ2) is 8.99. The predicted octanol–water partition coefficient (Wildman–Crippen LogP) is 2.75. The Labute approximate surface area is 182 Å². The van der Waals surface area contributed by atoms with Gasteiger partial charge in [0.2, 0.25) is 5.91 Å². The lowest BCUT2D eigenvalue weighted by Gasteiger charge is -2.42. The van der Waals surface area contributed by atoms with Crippen LogP contribution >= 0.6 is 0 Å². The largest absolute Gasteiger partial charge is 0.373 e. The third-order valence-electron chi connectivity index (χ3n) is 5.64. The van der Waals surface area contributed by atoms with Gasteiger partial charge in [0.05, 0.1) is 0 Å². The number of piperidine rings is 1. The van der Waals surface area contributed by atoms with Crippen molar-refractivity contribution in [2.45, 2.75) is 51.2 Å². The minimum Gasteiger partial charge on any atom is -0.373 e. The van der Waals surface area contributed by atoms with Gasteiger partial charge in [-0.15, -0.1) is 0 Å². The number of halogens is 1. The number of alkyl halides is 1. The Morgan fingerprint density at radius 1 is 1.26 bits per heavy atom. The molecule has 1 aromatic carbocycles. The fraction of sp³-hybridized carbons (Fsp3) is 0.478. The maximum absolute atomic E-state index is 16.0. The summed E-state index contributed by atoms with van der Waals surface area (Å²) < 4.78 is 16.0. The van der Waals surface area contributed by atoms with E-state index < -0.39 is 23.0 Å². The molecule has 0 bridgehead atoms. The van der Waals surface area contributed by atoms with Crippen molar-refractivity contribution in [3.8, 4) is 0 Å². The van der Waals surface area contributed by atoms with Crippen LogP contribution in [-0.4, -0.2) is 52.6 Å². The first-order chi connectivity index (χ1) is 14.6. The standard InChI is InChI=1S/C23H30FN5O2/c1-16-13-19(25-4)27-20(26-16)22(3)11-8-12-29(15-22)21(31)23(24,28-17(2)30)14-18-9-6-5-7-10-18/h5-7,9-10,13H,8,11-12,14-15H2,1-4H3,(H,28,30)(H,25,26,27)/t22-,23+/m0/s1. The summed E-state index contributed by atoms with van der Waals surface area (Å²) in [4.78, 5) is 35.8. The quantitative estimate of drug-likeness (QED) is 0.693. The average molecular weight is 428 g/mol. The number of nitrogens with one attached hydrogen (secondary N) is 2. The molecule has 2 heterocycles. The SMILES string of the molecule is CNc1cc(C)nc([C@@]2(C)CCCN(C(=O)[C@@](F)(Cc3ccccc3)NC(C)=O)C2)n1. The van der Waals surface area contributed by atoms with E-state index in [9.17, 15) is 9.59 Å². The van der Waals surface area contributed by atoms with E-state index in [0.29, 0.717) is 30.2 Å². The highest BCUT2D eigenvalue weighted by molar-refractivity contribution is 5.90. The van der Waals surface area contributed by atoms with Crippen LogP contribution in [0.1, 0.15) is 43.8 Å². The normalized spacial score (nSPS) is 20.6. The van der Waals surface area contributed by atoms with Gasteiger partial charge >= 0.3 is 0 Å². The molecular formula is C23H30FN5O2. The van der Waals surface area contributed by atoms with Crippen LogP contribution in [-0.2, 0) is 21.4 Å². The van der Waals surface area contributed by atoms with Crippen molar-refractivity contribution in [2.24, 2.45) is 0 Å².